The second-order valence-corrected chi connectivity index (χ2v) is 9.22. The first kappa shape index (κ1) is 22.8. The molecule has 31 heavy (non-hydrogen) atoms. The van der Waals surface area contributed by atoms with E-state index in [2.05, 4.69) is 10.1 Å². The minimum absolute atomic E-state index is 0.133. The molecule has 10 heteroatoms. The molecule has 0 aromatic heterocycles. The van der Waals surface area contributed by atoms with Gasteiger partial charge in [0.05, 0.1) is 23.3 Å². The number of ether oxygens (including phenoxy) is 1. The molecule has 0 bridgehead atoms. The lowest BCUT2D eigenvalue weighted by Gasteiger charge is -2.30. The van der Waals surface area contributed by atoms with Crippen LogP contribution in [0.1, 0.15) is 28.8 Å². The van der Waals surface area contributed by atoms with Crippen molar-refractivity contribution in [3.05, 3.63) is 59.2 Å². The summed E-state index contributed by atoms with van der Waals surface area (Å²) in [4.78, 5) is 24.3. The van der Waals surface area contributed by atoms with Crippen LogP contribution in [0.25, 0.3) is 0 Å². The molecule has 0 unspecified atom stereocenters. The minimum Gasteiger partial charge on any atom is -0.465 e. The number of methoxy groups -OCH3 is 1. The van der Waals surface area contributed by atoms with Gasteiger partial charge in [-0.05, 0) is 38.0 Å². The Labute approximate surface area is 179 Å². The fourth-order valence-corrected chi connectivity index (χ4v) is 4.83. The molecule has 1 heterocycles. The molecule has 3 rings (SSSR count). The van der Waals surface area contributed by atoms with E-state index in [9.17, 15) is 26.8 Å². The van der Waals surface area contributed by atoms with Gasteiger partial charge in [0, 0.05) is 25.1 Å². The minimum atomic E-state index is -3.67. The summed E-state index contributed by atoms with van der Waals surface area (Å²) in [5.41, 5.74) is 0.0948. The molecule has 0 spiro atoms. The van der Waals surface area contributed by atoms with Crippen LogP contribution in [0.4, 0.5) is 14.5 Å². The molecule has 0 aliphatic carbocycles. The van der Waals surface area contributed by atoms with Crippen molar-refractivity contribution in [2.75, 3.05) is 25.5 Å². The molecule has 1 aliphatic heterocycles. The second kappa shape index (κ2) is 9.11. The number of carbonyl (C=O) groups is 2. The summed E-state index contributed by atoms with van der Waals surface area (Å²) in [7, 11) is -2.61. The van der Waals surface area contributed by atoms with Crippen LogP contribution in [0.5, 0.6) is 0 Å². The average Bonchev–Trinajstić information content (AvgIpc) is 2.75. The highest BCUT2D eigenvalue weighted by Crippen LogP contribution is 2.26. The molecule has 2 aromatic rings. The SMILES string of the molecule is COC(=O)c1cc(NC(=O)C2CCN(S(=O)(=O)c3ccc(C)cc3)CC2)c(F)cc1F. The molecule has 166 valence electrons. The number of hydrogen-bond donors (Lipinski definition) is 1. The van der Waals surface area contributed by atoms with Crippen molar-refractivity contribution in [2.45, 2.75) is 24.7 Å². The number of carbonyl (C=O) groups excluding carboxylic acids is 2. The maximum absolute atomic E-state index is 14.1. The summed E-state index contributed by atoms with van der Waals surface area (Å²) < 4.78 is 59.1. The normalized spacial score (nSPS) is 15.5. The van der Waals surface area contributed by atoms with Crippen LogP contribution >= 0.6 is 0 Å². The molecule has 1 saturated heterocycles. The summed E-state index contributed by atoms with van der Waals surface area (Å²) >= 11 is 0. The van der Waals surface area contributed by atoms with Crippen LogP contribution in [0.15, 0.2) is 41.3 Å². The van der Waals surface area contributed by atoms with Gasteiger partial charge in [-0.15, -0.1) is 0 Å². The lowest BCUT2D eigenvalue weighted by Crippen LogP contribution is -2.41. The fraction of sp³-hybridized carbons (Fsp3) is 0.333. The van der Waals surface area contributed by atoms with E-state index in [1.807, 2.05) is 6.92 Å². The summed E-state index contributed by atoms with van der Waals surface area (Å²) in [6, 6.07) is 7.89. The van der Waals surface area contributed by atoms with Crippen LogP contribution < -0.4 is 5.32 Å². The standard InChI is InChI=1S/C21H22F2N2O5S/c1-13-3-5-15(6-4-13)31(28,29)25-9-7-14(8-10-25)20(26)24-19-11-16(21(27)30-2)17(22)12-18(19)23/h3-6,11-12,14H,7-10H2,1-2H3,(H,24,26). The highest BCUT2D eigenvalue weighted by Gasteiger charge is 2.32. The van der Waals surface area contributed by atoms with Crippen molar-refractivity contribution in [3.63, 3.8) is 0 Å². The topological polar surface area (TPSA) is 92.8 Å². The number of halogens is 2. The monoisotopic (exact) mass is 452 g/mol. The number of amides is 1. The summed E-state index contributed by atoms with van der Waals surface area (Å²) in [6.07, 6.45) is 0.479. The third-order valence-electron chi connectivity index (χ3n) is 5.20. The van der Waals surface area contributed by atoms with Crippen LogP contribution in [0.2, 0.25) is 0 Å². The molecular weight excluding hydrogens is 430 g/mol. The third kappa shape index (κ3) is 4.91. The first-order valence-corrected chi connectivity index (χ1v) is 11.0. The summed E-state index contributed by atoms with van der Waals surface area (Å²) in [6.45, 7) is 2.12. The van der Waals surface area contributed by atoms with Gasteiger partial charge in [0.2, 0.25) is 15.9 Å². The van der Waals surface area contributed by atoms with E-state index in [1.165, 1.54) is 4.31 Å². The zero-order valence-electron chi connectivity index (χ0n) is 17.0. The van der Waals surface area contributed by atoms with Crippen molar-refractivity contribution in [1.82, 2.24) is 4.31 Å². The Balaban J connectivity index is 1.67. The van der Waals surface area contributed by atoms with E-state index in [0.717, 1.165) is 18.7 Å². The highest BCUT2D eigenvalue weighted by molar-refractivity contribution is 7.89. The number of hydrogen-bond acceptors (Lipinski definition) is 5. The van der Waals surface area contributed by atoms with Gasteiger partial charge in [-0.25, -0.2) is 22.0 Å². The van der Waals surface area contributed by atoms with Crippen LogP contribution in [0, 0.1) is 24.5 Å². The second-order valence-electron chi connectivity index (χ2n) is 7.28. The summed E-state index contributed by atoms with van der Waals surface area (Å²) in [5.74, 6) is -4.22. The van der Waals surface area contributed by atoms with E-state index < -0.39 is 45.0 Å². The predicted octanol–water partition coefficient (Wildman–Crippen LogP) is 3.10. The van der Waals surface area contributed by atoms with Gasteiger partial charge >= 0.3 is 5.97 Å². The average molecular weight is 452 g/mol. The Morgan fingerprint density at radius 2 is 1.68 bits per heavy atom. The molecule has 2 aromatic carbocycles. The van der Waals surface area contributed by atoms with Crippen molar-refractivity contribution in [1.29, 1.82) is 0 Å². The number of esters is 1. The Morgan fingerprint density at radius 1 is 1.06 bits per heavy atom. The van der Waals surface area contributed by atoms with Gasteiger partial charge < -0.3 is 10.1 Å². The van der Waals surface area contributed by atoms with Gasteiger partial charge in [0.15, 0.2) is 0 Å². The lowest BCUT2D eigenvalue weighted by atomic mass is 9.97. The number of aryl methyl sites for hydroxylation is 1. The van der Waals surface area contributed by atoms with Gasteiger partial charge in [-0.3, -0.25) is 4.79 Å². The van der Waals surface area contributed by atoms with Gasteiger partial charge in [-0.1, -0.05) is 17.7 Å². The molecule has 1 N–H and O–H groups in total. The molecule has 0 radical (unpaired) electrons. The van der Waals surface area contributed by atoms with E-state index in [0.29, 0.717) is 6.07 Å². The Hall–Kier alpha value is -2.85. The number of piperidine rings is 1. The van der Waals surface area contributed by atoms with E-state index >= 15 is 0 Å². The number of rotatable bonds is 5. The number of sulfonamides is 1. The number of nitrogens with zero attached hydrogens (tertiary/aromatic N) is 1. The predicted molar refractivity (Wildman–Crippen MR) is 109 cm³/mol. The Morgan fingerprint density at radius 3 is 2.26 bits per heavy atom. The highest BCUT2D eigenvalue weighted by atomic mass is 32.2. The quantitative estimate of drug-likeness (QED) is 0.704. The van der Waals surface area contributed by atoms with Crippen molar-refractivity contribution in [3.8, 4) is 0 Å². The van der Waals surface area contributed by atoms with Crippen LogP contribution in [0.3, 0.4) is 0 Å². The van der Waals surface area contributed by atoms with Crippen LogP contribution in [-0.4, -0.2) is 44.8 Å². The molecule has 1 amide bonds. The zero-order chi connectivity index (χ0) is 22.8. The van der Waals surface area contributed by atoms with Crippen molar-refractivity contribution >= 4 is 27.6 Å². The maximum atomic E-state index is 14.1. The van der Waals surface area contributed by atoms with Crippen LogP contribution in [-0.2, 0) is 19.6 Å². The Bertz CT molecular complexity index is 1100. The van der Waals surface area contributed by atoms with Crippen molar-refractivity contribution in [2.24, 2.45) is 5.92 Å². The number of benzene rings is 2. The molecule has 1 fully saturated rings. The number of anilines is 1. The van der Waals surface area contributed by atoms with Gasteiger partial charge in [0.1, 0.15) is 11.6 Å². The largest absolute Gasteiger partial charge is 0.465 e. The van der Waals surface area contributed by atoms with E-state index in [4.69, 9.17) is 0 Å². The van der Waals surface area contributed by atoms with Gasteiger partial charge in [0.25, 0.3) is 0 Å². The first-order chi connectivity index (χ1) is 14.6. The zero-order valence-corrected chi connectivity index (χ0v) is 17.8. The Kier molecular flexibility index (Phi) is 6.71. The van der Waals surface area contributed by atoms with E-state index in [-0.39, 0.29) is 36.5 Å². The molecular formula is C21H22F2N2O5S. The molecule has 0 saturated carbocycles. The molecule has 0 atom stereocenters. The lowest BCUT2D eigenvalue weighted by molar-refractivity contribution is -0.120. The molecule has 7 nitrogen and oxygen atoms in total. The maximum Gasteiger partial charge on any atom is 0.340 e. The first-order valence-electron chi connectivity index (χ1n) is 9.58. The third-order valence-corrected chi connectivity index (χ3v) is 7.12. The van der Waals surface area contributed by atoms with Gasteiger partial charge in [-0.2, -0.15) is 4.31 Å². The number of nitrogens with one attached hydrogen (secondary N) is 1. The molecule has 1 aliphatic rings. The van der Waals surface area contributed by atoms with Crippen molar-refractivity contribution < 1.29 is 31.5 Å². The summed E-state index contributed by atoms with van der Waals surface area (Å²) in [5, 5.41) is 2.36. The fourth-order valence-electron chi connectivity index (χ4n) is 3.36. The smallest absolute Gasteiger partial charge is 0.340 e. The van der Waals surface area contributed by atoms with E-state index in [1.54, 1.807) is 24.3 Å².